The molecular weight excluding hydrogens is 777 g/mol. The molecule has 4 aromatic rings. The molecule has 0 saturated carbocycles. The summed E-state index contributed by atoms with van der Waals surface area (Å²) in [6, 6.07) is 9.95. The third kappa shape index (κ3) is 10.0. The number of hydrogen-bond acceptors (Lipinski definition) is 14. The number of carboxylic acids is 2. The van der Waals surface area contributed by atoms with Crippen LogP contribution in [0.5, 0.6) is 0 Å². The number of nitrogens with zero attached hydrogens (tertiary/aromatic N) is 6. The number of amides is 1. The smallest absolute Gasteiger partial charge is 0.347 e. The van der Waals surface area contributed by atoms with Gasteiger partial charge in [0, 0.05) is 38.1 Å². The predicted molar refractivity (Wildman–Crippen MR) is 195 cm³/mol. The number of nitrogens with one attached hydrogen (secondary N) is 1. The van der Waals surface area contributed by atoms with Gasteiger partial charge in [-0.15, -0.1) is 28.6 Å². The molecule has 0 spiro atoms. The first-order valence-electron chi connectivity index (χ1n) is 15.4. The molecule has 4 rings (SSSR count). The normalized spacial score (nSPS) is 14.3. The molecule has 286 valence electrons. The number of rotatable bonds is 18. The second-order valence-electron chi connectivity index (χ2n) is 11.6. The van der Waals surface area contributed by atoms with E-state index >= 15 is 0 Å². The number of thioether (sulfide) groups is 2. The van der Waals surface area contributed by atoms with Crippen LogP contribution in [0.15, 0.2) is 80.3 Å². The van der Waals surface area contributed by atoms with Crippen molar-refractivity contribution in [3.63, 3.8) is 0 Å². The van der Waals surface area contributed by atoms with Crippen molar-refractivity contribution in [1.29, 1.82) is 0 Å². The van der Waals surface area contributed by atoms with Crippen molar-refractivity contribution < 1.29 is 41.4 Å². The molecule has 2 aromatic carbocycles. The molecule has 0 fully saturated rings. The van der Waals surface area contributed by atoms with E-state index in [0.29, 0.717) is 0 Å². The minimum absolute atomic E-state index is 0.0567. The fourth-order valence-corrected chi connectivity index (χ4v) is 11.0. The molecule has 0 bridgehead atoms. The lowest BCUT2D eigenvalue weighted by molar-refractivity contribution is -0.140. The van der Waals surface area contributed by atoms with Gasteiger partial charge in [0.2, 0.25) is 5.91 Å². The van der Waals surface area contributed by atoms with Gasteiger partial charge in [0.1, 0.15) is 29.2 Å². The highest BCUT2D eigenvalue weighted by Crippen LogP contribution is 2.30. The van der Waals surface area contributed by atoms with Gasteiger partial charge in [-0.05, 0) is 24.3 Å². The maximum Gasteiger partial charge on any atom is 0.347 e. The second kappa shape index (κ2) is 17.0. The van der Waals surface area contributed by atoms with Crippen LogP contribution >= 0.6 is 23.5 Å². The summed E-state index contributed by atoms with van der Waals surface area (Å²) >= 11 is 1.58. The highest BCUT2D eigenvalue weighted by molar-refractivity contribution is 8.01. The van der Waals surface area contributed by atoms with Crippen molar-refractivity contribution in [1.82, 2.24) is 34.0 Å². The summed E-state index contributed by atoms with van der Waals surface area (Å²) in [5.74, 6) is -5.39. The second-order valence-corrected chi connectivity index (χ2v) is 18.1. The largest absolute Gasteiger partial charge is 0.480 e. The van der Waals surface area contributed by atoms with E-state index in [2.05, 4.69) is 15.5 Å². The van der Waals surface area contributed by atoms with Crippen LogP contribution in [0, 0.1) is 0 Å². The Bertz CT molecular complexity index is 2320. The molecule has 4 atom stereocenters. The van der Waals surface area contributed by atoms with Crippen molar-refractivity contribution in [2.75, 3.05) is 23.0 Å². The van der Waals surface area contributed by atoms with Crippen molar-refractivity contribution in [2.45, 2.75) is 39.5 Å². The fraction of sp³-hybridized carbons (Fsp3) is 0.367. The van der Waals surface area contributed by atoms with Gasteiger partial charge in [-0.1, -0.05) is 30.3 Å². The summed E-state index contributed by atoms with van der Waals surface area (Å²) in [4.78, 5) is 60.8. The Morgan fingerprint density at radius 2 is 1.42 bits per heavy atom. The van der Waals surface area contributed by atoms with Gasteiger partial charge in [-0.25, -0.2) is 31.2 Å². The topological polar surface area (TPSA) is 278 Å². The van der Waals surface area contributed by atoms with Crippen LogP contribution in [0.4, 0.5) is 0 Å². The van der Waals surface area contributed by atoms with Crippen molar-refractivity contribution in [3.8, 4) is 11.4 Å². The number of aliphatic carboxylic acids is 2. The number of carbonyl (C=O) groups is 3. The Morgan fingerprint density at radius 3 is 1.98 bits per heavy atom. The lowest BCUT2D eigenvalue weighted by Crippen LogP contribution is -2.42. The molecule has 19 nitrogen and oxygen atoms in total. The van der Waals surface area contributed by atoms with Gasteiger partial charge in [0.25, 0.3) is 0 Å². The standard InChI is InChI=1S/C30H36N8O11S4/c1-18(39)33-23(28(42)43)14-51-25(16-52(46,47)20-9-5-4-6-10-20)38-30(45)36(3)26(34-38)19-8-7-11-21(12-19)53(48,49)15-24(50-13-22(31)27(40)41)37-29(44)35(2)17-32-37/h4-12,17,22-25H,13-16,31H2,1-3H3,(H,33,39)(H,40,41)(H,42,43)/t22-,23-,24?,25?/m0/s1. The highest BCUT2D eigenvalue weighted by atomic mass is 32.2. The lowest BCUT2D eigenvalue weighted by Gasteiger charge is -2.19. The van der Waals surface area contributed by atoms with Gasteiger partial charge in [-0.2, -0.15) is 14.5 Å². The third-order valence-electron chi connectivity index (χ3n) is 7.59. The average molecular weight is 813 g/mol. The Labute approximate surface area is 311 Å². The zero-order valence-electron chi connectivity index (χ0n) is 28.4. The van der Waals surface area contributed by atoms with Gasteiger partial charge in [0.15, 0.2) is 25.5 Å². The van der Waals surface area contributed by atoms with Crippen molar-refractivity contribution in [3.05, 3.63) is 81.9 Å². The van der Waals surface area contributed by atoms with Gasteiger partial charge >= 0.3 is 23.3 Å². The van der Waals surface area contributed by atoms with Gasteiger partial charge < -0.3 is 21.3 Å². The first-order valence-corrected chi connectivity index (χ1v) is 20.8. The van der Waals surface area contributed by atoms with E-state index in [0.717, 1.165) is 48.9 Å². The fourth-order valence-electron chi connectivity index (χ4n) is 4.80. The monoisotopic (exact) mass is 812 g/mol. The zero-order chi connectivity index (χ0) is 39.2. The molecule has 1 amide bonds. The number of benzene rings is 2. The summed E-state index contributed by atoms with van der Waals surface area (Å²) in [6.07, 6.45) is 1.18. The van der Waals surface area contributed by atoms with Crippen LogP contribution in [-0.2, 0) is 48.2 Å². The quantitative estimate of drug-likeness (QED) is 0.0991. The SMILES string of the molecule is CC(=O)N[C@@H](CSC(CS(=O)(=O)c1ccccc1)n1nc(-c2cccc(S(=O)(=O)CC(SC[C@H](N)C(=O)O)n3ncn(C)c3=O)c2)n(C)c1=O)C(=O)O. The van der Waals surface area contributed by atoms with Crippen molar-refractivity contribution >= 4 is 61.0 Å². The molecule has 0 aliphatic heterocycles. The molecule has 2 heterocycles. The zero-order valence-corrected chi connectivity index (χ0v) is 31.6. The Balaban J connectivity index is 1.72. The summed E-state index contributed by atoms with van der Waals surface area (Å²) in [7, 11) is -5.59. The molecule has 0 aliphatic rings. The Morgan fingerprint density at radius 1 is 0.830 bits per heavy atom. The molecule has 0 radical (unpaired) electrons. The summed E-state index contributed by atoms with van der Waals surface area (Å²) in [5, 5.41) is 27.0. The average Bonchev–Trinajstić information content (AvgIpc) is 3.60. The van der Waals surface area contributed by atoms with E-state index in [1.807, 2.05) is 0 Å². The number of carbonyl (C=O) groups excluding carboxylic acids is 1. The maximum atomic E-state index is 13.8. The van der Waals surface area contributed by atoms with Crippen LogP contribution in [-0.4, -0.2) is 109 Å². The Kier molecular flexibility index (Phi) is 13.1. The Hall–Kier alpha value is -4.71. The minimum atomic E-state index is -4.25. The van der Waals surface area contributed by atoms with Gasteiger partial charge in [-0.3, -0.25) is 18.7 Å². The van der Waals surface area contributed by atoms with Crippen molar-refractivity contribution in [2.24, 2.45) is 19.8 Å². The van der Waals surface area contributed by atoms with Crippen LogP contribution in [0.2, 0.25) is 0 Å². The number of carboxylic acid groups (broad SMARTS) is 2. The minimum Gasteiger partial charge on any atom is -0.480 e. The lowest BCUT2D eigenvalue weighted by atomic mass is 10.2. The van der Waals surface area contributed by atoms with Crippen LogP contribution < -0.4 is 22.4 Å². The van der Waals surface area contributed by atoms with E-state index in [9.17, 15) is 51.0 Å². The number of aromatic nitrogens is 6. The molecule has 23 heteroatoms. The molecule has 0 saturated heterocycles. The van der Waals surface area contributed by atoms with Gasteiger partial charge in [0.05, 0.1) is 21.3 Å². The van der Waals surface area contributed by atoms with E-state index in [1.165, 1.54) is 69.0 Å². The molecule has 53 heavy (non-hydrogen) atoms. The van der Waals surface area contributed by atoms with E-state index in [-0.39, 0.29) is 32.7 Å². The van der Waals surface area contributed by atoms with E-state index < -0.39 is 83.2 Å². The number of hydrogen-bond donors (Lipinski definition) is 4. The van der Waals surface area contributed by atoms with E-state index in [1.54, 1.807) is 6.07 Å². The van der Waals surface area contributed by atoms with Crippen LogP contribution in [0.3, 0.4) is 0 Å². The van der Waals surface area contributed by atoms with Crippen LogP contribution in [0.1, 0.15) is 17.7 Å². The predicted octanol–water partition coefficient (Wildman–Crippen LogP) is -0.443. The molecular formula is C30H36N8O11S4. The van der Waals surface area contributed by atoms with E-state index in [4.69, 9.17) is 5.73 Å². The molecule has 0 aliphatic carbocycles. The summed E-state index contributed by atoms with van der Waals surface area (Å²) in [5.41, 5.74) is 4.31. The highest BCUT2D eigenvalue weighted by Gasteiger charge is 2.31. The molecule has 2 aromatic heterocycles. The van der Waals surface area contributed by atoms with Crippen LogP contribution in [0.25, 0.3) is 11.4 Å². The third-order valence-corrected chi connectivity index (χ3v) is 14.1. The molecule has 5 N–H and O–H groups in total. The summed E-state index contributed by atoms with van der Waals surface area (Å²) < 4.78 is 58.4. The maximum absolute atomic E-state index is 13.8. The molecule has 2 unspecified atom stereocenters. The number of nitrogens with two attached hydrogens (primary N) is 1. The first-order chi connectivity index (χ1) is 24.8. The number of aryl methyl sites for hydroxylation is 1. The number of sulfone groups is 2. The first kappa shape index (κ1) is 41.1. The summed E-state index contributed by atoms with van der Waals surface area (Å²) in [6.45, 7) is 1.12.